The summed E-state index contributed by atoms with van der Waals surface area (Å²) in [4.78, 5) is 48.5. The third kappa shape index (κ3) is 1.13. The molecule has 0 amide bonds. The van der Waals surface area contributed by atoms with Crippen LogP contribution in [-0.2, 0) is 28.7 Å². The number of carbonyl (C=O) groups is 4. The smallest absolute Gasteiger partial charge is 0.317 e. The first-order valence-corrected chi connectivity index (χ1v) is 8.54. The molecule has 6 fully saturated rings. The van der Waals surface area contributed by atoms with Gasteiger partial charge in [-0.15, -0.1) is 0 Å². The van der Waals surface area contributed by atoms with Gasteiger partial charge in [0.05, 0.1) is 23.7 Å². The summed E-state index contributed by atoms with van der Waals surface area (Å²) >= 11 is 0. The van der Waals surface area contributed by atoms with E-state index in [-0.39, 0.29) is 76.6 Å². The highest BCUT2D eigenvalue weighted by atomic mass is 16.6. The molecule has 4 bridgehead atoms. The number of fused-ring (bicyclic) bond motifs is 7. The van der Waals surface area contributed by atoms with Gasteiger partial charge >= 0.3 is 23.9 Å². The Hall–Kier alpha value is -1.72. The van der Waals surface area contributed by atoms with E-state index < -0.39 is 0 Å². The molecule has 0 aromatic heterocycles. The lowest BCUT2D eigenvalue weighted by Crippen LogP contribution is -2.50. The van der Waals surface area contributed by atoms with Crippen molar-refractivity contribution in [3.63, 3.8) is 0 Å². The first-order valence-electron chi connectivity index (χ1n) is 8.54. The van der Waals surface area contributed by atoms with Crippen molar-refractivity contribution in [2.75, 3.05) is 0 Å². The third-order valence-corrected chi connectivity index (χ3v) is 8.09. The molecular formula is C17H16O6. The molecule has 2 saturated heterocycles. The minimum absolute atomic E-state index is 0.0645. The molecule has 2 heterocycles. The third-order valence-electron chi connectivity index (χ3n) is 8.09. The summed E-state index contributed by atoms with van der Waals surface area (Å²) in [6.07, 6.45) is 3.39. The lowest BCUT2D eigenvalue weighted by atomic mass is 9.52. The van der Waals surface area contributed by atoms with Crippen molar-refractivity contribution in [2.24, 2.45) is 52.8 Å². The zero-order valence-electron chi connectivity index (χ0n) is 12.4. The van der Waals surface area contributed by atoms with Gasteiger partial charge in [0.15, 0.2) is 0 Å². The van der Waals surface area contributed by atoms with Crippen LogP contribution >= 0.6 is 0 Å². The van der Waals surface area contributed by atoms with Gasteiger partial charge in [-0.3, -0.25) is 19.2 Å². The van der Waals surface area contributed by atoms with E-state index >= 15 is 0 Å². The zero-order valence-corrected chi connectivity index (χ0v) is 12.4. The number of rotatable bonds is 0. The van der Waals surface area contributed by atoms with Crippen LogP contribution in [0.3, 0.4) is 0 Å². The second-order valence-corrected chi connectivity index (χ2v) is 8.34. The van der Waals surface area contributed by atoms with Gasteiger partial charge < -0.3 is 9.47 Å². The molecule has 23 heavy (non-hydrogen) atoms. The van der Waals surface area contributed by atoms with E-state index in [4.69, 9.17) is 9.47 Å². The molecule has 9 atom stereocenters. The normalized spacial score (nSPS) is 58.1. The number of ether oxygens (including phenoxy) is 2. The van der Waals surface area contributed by atoms with Crippen LogP contribution in [0.1, 0.15) is 25.7 Å². The molecule has 120 valence electrons. The molecule has 9 unspecified atom stereocenters. The van der Waals surface area contributed by atoms with Crippen LogP contribution in [0.15, 0.2) is 0 Å². The Kier molecular flexibility index (Phi) is 1.94. The maximum absolute atomic E-state index is 12.2. The second-order valence-electron chi connectivity index (χ2n) is 8.34. The van der Waals surface area contributed by atoms with Crippen molar-refractivity contribution in [2.45, 2.75) is 25.7 Å². The molecule has 0 aromatic carbocycles. The van der Waals surface area contributed by atoms with E-state index in [1.807, 2.05) is 0 Å². The number of carbonyl (C=O) groups excluding carboxylic acids is 4. The van der Waals surface area contributed by atoms with E-state index in [1.54, 1.807) is 0 Å². The summed E-state index contributed by atoms with van der Waals surface area (Å²) < 4.78 is 9.83. The van der Waals surface area contributed by atoms with Crippen molar-refractivity contribution in [3.05, 3.63) is 0 Å². The number of hydrogen-bond acceptors (Lipinski definition) is 6. The molecule has 2 aliphatic heterocycles. The van der Waals surface area contributed by atoms with Gasteiger partial charge in [-0.25, -0.2) is 0 Å². The lowest BCUT2D eigenvalue weighted by molar-refractivity contribution is -0.155. The molecule has 6 heteroatoms. The van der Waals surface area contributed by atoms with Gasteiger partial charge in [-0.1, -0.05) is 0 Å². The van der Waals surface area contributed by atoms with Gasteiger partial charge in [0.25, 0.3) is 0 Å². The van der Waals surface area contributed by atoms with Crippen molar-refractivity contribution in [1.82, 2.24) is 0 Å². The Morgan fingerprint density at radius 3 is 2.35 bits per heavy atom. The first-order chi connectivity index (χ1) is 11.0. The first kappa shape index (κ1) is 12.7. The Bertz CT molecular complexity index is 698. The van der Waals surface area contributed by atoms with E-state index in [1.165, 1.54) is 0 Å². The Labute approximate surface area is 131 Å². The average molecular weight is 316 g/mol. The van der Waals surface area contributed by atoms with Crippen LogP contribution in [0.4, 0.5) is 0 Å². The van der Waals surface area contributed by atoms with E-state index in [0.717, 1.165) is 19.3 Å². The Morgan fingerprint density at radius 1 is 0.826 bits per heavy atom. The number of cyclic esters (lactones) is 4. The maximum Gasteiger partial charge on any atom is 0.317 e. The minimum atomic E-state index is -0.380. The average Bonchev–Trinajstić information content (AvgIpc) is 3.22. The van der Waals surface area contributed by atoms with Crippen molar-refractivity contribution in [3.8, 4) is 0 Å². The van der Waals surface area contributed by atoms with Crippen LogP contribution in [-0.4, -0.2) is 23.9 Å². The van der Waals surface area contributed by atoms with Gasteiger partial charge in [-0.2, -0.15) is 0 Å². The number of esters is 4. The Balaban J connectivity index is 1.49. The van der Waals surface area contributed by atoms with Crippen LogP contribution < -0.4 is 0 Å². The van der Waals surface area contributed by atoms with Gasteiger partial charge in [0, 0.05) is 0 Å². The van der Waals surface area contributed by atoms with Crippen LogP contribution in [0.5, 0.6) is 0 Å². The monoisotopic (exact) mass is 316 g/mol. The fourth-order valence-electron chi connectivity index (χ4n) is 7.76. The quantitative estimate of drug-likeness (QED) is 0.482. The predicted octanol–water partition coefficient (Wildman–Crippen LogP) is 0.684. The van der Waals surface area contributed by atoms with E-state index in [2.05, 4.69) is 0 Å². The summed E-state index contributed by atoms with van der Waals surface area (Å²) in [5.74, 6) is -2.09. The van der Waals surface area contributed by atoms with Crippen molar-refractivity contribution >= 4 is 23.9 Å². The number of hydrogen-bond donors (Lipinski definition) is 0. The van der Waals surface area contributed by atoms with Crippen LogP contribution in [0.2, 0.25) is 0 Å². The van der Waals surface area contributed by atoms with Crippen LogP contribution in [0.25, 0.3) is 0 Å². The fraction of sp³-hybridized carbons (Fsp3) is 0.765. The van der Waals surface area contributed by atoms with Crippen molar-refractivity contribution in [1.29, 1.82) is 0 Å². The fourth-order valence-corrected chi connectivity index (χ4v) is 7.76. The molecule has 4 aliphatic carbocycles. The van der Waals surface area contributed by atoms with E-state index in [0.29, 0.717) is 6.42 Å². The molecule has 6 nitrogen and oxygen atoms in total. The van der Waals surface area contributed by atoms with Crippen molar-refractivity contribution < 1.29 is 28.7 Å². The SMILES string of the molecule is O=C1OC(=O)C2C1CC13CCC2C1C1CC3C2C(=O)OC(=O)C12. The maximum atomic E-state index is 12.2. The van der Waals surface area contributed by atoms with Gasteiger partial charge in [-0.05, 0) is 54.8 Å². The van der Waals surface area contributed by atoms with Gasteiger partial charge in [0.2, 0.25) is 0 Å². The van der Waals surface area contributed by atoms with Crippen LogP contribution in [0, 0.1) is 52.8 Å². The second kappa shape index (κ2) is 3.52. The molecule has 0 aromatic rings. The molecule has 6 rings (SSSR count). The summed E-state index contributed by atoms with van der Waals surface area (Å²) in [7, 11) is 0. The summed E-state index contributed by atoms with van der Waals surface area (Å²) in [5.41, 5.74) is -0.0645. The molecular weight excluding hydrogens is 300 g/mol. The standard InChI is InChI=1S/C17H16O6/c18-13-7-4-17-2-1-5(9(7)14(19)22-13)12(17)6-3-8(17)11-10(6)15(20)23-16(11)21/h5-12H,1-4H2. The summed E-state index contributed by atoms with van der Waals surface area (Å²) in [5, 5.41) is 0. The Morgan fingerprint density at radius 2 is 1.52 bits per heavy atom. The topological polar surface area (TPSA) is 86.7 Å². The zero-order chi connectivity index (χ0) is 15.7. The predicted molar refractivity (Wildman–Crippen MR) is 71.0 cm³/mol. The highest BCUT2D eigenvalue weighted by Gasteiger charge is 2.78. The molecule has 6 aliphatic rings. The summed E-state index contributed by atoms with van der Waals surface area (Å²) in [6.45, 7) is 0. The molecule has 0 N–H and O–H groups in total. The molecule has 4 saturated carbocycles. The van der Waals surface area contributed by atoms with E-state index in [9.17, 15) is 19.2 Å². The summed E-state index contributed by atoms with van der Waals surface area (Å²) in [6, 6.07) is 0. The highest BCUT2D eigenvalue weighted by Crippen LogP contribution is 2.77. The van der Waals surface area contributed by atoms with Gasteiger partial charge in [0.1, 0.15) is 0 Å². The lowest BCUT2D eigenvalue weighted by Gasteiger charge is -2.49. The minimum Gasteiger partial charge on any atom is -0.393 e. The molecule has 0 radical (unpaired) electrons. The largest absolute Gasteiger partial charge is 0.393 e. The highest BCUT2D eigenvalue weighted by molar-refractivity contribution is 5.99. The molecule has 0 spiro atoms.